The largest absolute Gasteiger partial charge is 0.394 e. The van der Waals surface area contributed by atoms with Gasteiger partial charge in [0.1, 0.15) is 0 Å². The van der Waals surface area contributed by atoms with Gasteiger partial charge >= 0.3 is 0 Å². The fourth-order valence-electron chi connectivity index (χ4n) is 7.54. The smallest absolute Gasteiger partial charge is 0.220 e. The lowest BCUT2D eigenvalue weighted by Gasteiger charge is -2.19. The van der Waals surface area contributed by atoms with Crippen molar-refractivity contribution in [1.29, 1.82) is 0 Å². The number of nitrogens with one attached hydrogen (secondary N) is 1. The fraction of sp³-hybridized carbons (Fsp3) is 0.656. The second-order valence-electron chi connectivity index (χ2n) is 17.9. The molecule has 0 rings (SSSR count). The van der Waals surface area contributed by atoms with E-state index in [0.29, 0.717) is 6.42 Å². The van der Waals surface area contributed by atoms with Gasteiger partial charge in [-0.25, -0.2) is 0 Å². The minimum absolute atomic E-state index is 0.0936. The van der Waals surface area contributed by atoms with E-state index in [1.807, 2.05) is 6.08 Å². The molecular weight excluding hydrogens is 795 g/mol. The van der Waals surface area contributed by atoms with Gasteiger partial charge in [-0.1, -0.05) is 251 Å². The van der Waals surface area contributed by atoms with Crippen LogP contribution < -0.4 is 5.32 Å². The highest BCUT2D eigenvalue weighted by molar-refractivity contribution is 5.76. The minimum atomic E-state index is -0.885. The molecule has 0 aromatic rings. The number of carbonyl (C=O) groups excluding carboxylic acids is 1. The maximum Gasteiger partial charge on any atom is 0.220 e. The number of aliphatic hydroxyl groups excluding tert-OH is 2. The molecule has 2 unspecified atom stereocenters. The van der Waals surface area contributed by atoms with Crippen LogP contribution in [0.4, 0.5) is 0 Å². The van der Waals surface area contributed by atoms with Gasteiger partial charge in [0.05, 0.1) is 18.8 Å². The average molecular weight is 898 g/mol. The van der Waals surface area contributed by atoms with Crippen molar-refractivity contribution in [3.8, 4) is 0 Å². The number of aliphatic hydroxyl groups is 2. The first-order valence-electron chi connectivity index (χ1n) is 27.2. The molecule has 0 aliphatic heterocycles. The first-order chi connectivity index (χ1) is 32.2. The second kappa shape index (κ2) is 55.1. The van der Waals surface area contributed by atoms with E-state index in [1.165, 1.54) is 122 Å². The third kappa shape index (κ3) is 51.6. The monoisotopic (exact) mass is 898 g/mol. The van der Waals surface area contributed by atoms with E-state index in [0.717, 1.165) is 96.3 Å². The molecule has 370 valence electrons. The first kappa shape index (κ1) is 61.8. The van der Waals surface area contributed by atoms with E-state index in [1.54, 1.807) is 6.08 Å². The standard InChI is InChI=1S/C61H103NO3/c1-3-5-7-9-11-13-15-17-19-21-23-25-27-29-30-31-32-33-35-37-39-41-43-45-47-49-51-53-55-57-61(65)62-59(58-63)60(64)56-54-52-50-48-46-44-42-40-38-36-34-28-26-24-22-20-18-16-14-12-10-8-6-4-2/h5,7,11,13,17,19,23,25,29-30,32-33,37-40,46,48,54,56,59-60,63-64H,3-4,6,8-10,12,14-16,18,20-22,24,26-28,31,34-36,41-45,47,49-53,55,57-58H2,1-2H3,(H,62,65)/b7-5-,13-11-,19-17-,25-23-,30-29-,33-32-,39-37-,40-38+,48-46+,56-54+. The van der Waals surface area contributed by atoms with Crippen molar-refractivity contribution in [2.75, 3.05) is 6.61 Å². The summed E-state index contributed by atoms with van der Waals surface area (Å²) in [5.41, 5.74) is 0. The van der Waals surface area contributed by atoms with Crippen molar-refractivity contribution in [3.63, 3.8) is 0 Å². The fourth-order valence-corrected chi connectivity index (χ4v) is 7.54. The van der Waals surface area contributed by atoms with Gasteiger partial charge in [-0.3, -0.25) is 4.79 Å². The summed E-state index contributed by atoms with van der Waals surface area (Å²) >= 11 is 0. The van der Waals surface area contributed by atoms with Gasteiger partial charge in [-0.15, -0.1) is 0 Å². The molecule has 0 spiro atoms. The molecule has 0 fully saturated rings. The molecule has 0 aliphatic rings. The lowest BCUT2D eigenvalue weighted by molar-refractivity contribution is -0.123. The summed E-state index contributed by atoms with van der Waals surface area (Å²) in [7, 11) is 0. The van der Waals surface area contributed by atoms with Gasteiger partial charge in [0.2, 0.25) is 5.91 Å². The van der Waals surface area contributed by atoms with Crippen molar-refractivity contribution < 1.29 is 15.0 Å². The van der Waals surface area contributed by atoms with Gasteiger partial charge in [0.15, 0.2) is 0 Å². The highest BCUT2D eigenvalue weighted by Crippen LogP contribution is 2.14. The Hall–Kier alpha value is -3.21. The second-order valence-corrected chi connectivity index (χ2v) is 17.9. The van der Waals surface area contributed by atoms with Crippen molar-refractivity contribution in [2.45, 2.75) is 251 Å². The maximum atomic E-state index is 12.5. The van der Waals surface area contributed by atoms with Gasteiger partial charge in [0.25, 0.3) is 0 Å². The van der Waals surface area contributed by atoms with Crippen LogP contribution in [-0.2, 0) is 4.79 Å². The van der Waals surface area contributed by atoms with Crippen molar-refractivity contribution in [3.05, 3.63) is 122 Å². The van der Waals surface area contributed by atoms with Crippen LogP contribution in [0, 0.1) is 0 Å². The number of amides is 1. The molecule has 0 bridgehead atoms. The van der Waals surface area contributed by atoms with E-state index >= 15 is 0 Å². The molecule has 4 nitrogen and oxygen atoms in total. The van der Waals surface area contributed by atoms with Crippen LogP contribution >= 0.6 is 0 Å². The Kier molecular flexibility index (Phi) is 52.4. The Morgan fingerprint density at radius 3 is 1.08 bits per heavy atom. The van der Waals surface area contributed by atoms with Crippen LogP contribution in [0.25, 0.3) is 0 Å². The molecule has 3 N–H and O–H groups in total. The lowest BCUT2D eigenvalue weighted by atomic mass is 10.0. The van der Waals surface area contributed by atoms with Crippen LogP contribution in [0.3, 0.4) is 0 Å². The first-order valence-corrected chi connectivity index (χ1v) is 27.2. The molecule has 0 aromatic heterocycles. The third-order valence-electron chi connectivity index (χ3n) is 11.7. The summed E-state index contributed by atoms with van der Waals surface area (Å²) in [6.45, 7) is 4.18. The molecule has 4 heteroatoms. The number of unbranched alkanes of at least 4 members (excludes halogenated alkanes) is 23. The topological polar surface area (TPSA) is 69.6 Å². The Morgan fingerprint density at radius 2 is 0.692 bits per heavy atom. The zero-order chi connectivity index (χ0) is 47.0. The summed E-state index contributed by atoms with van der Waals surface area (Å²) in [5.74, 6) is -0.0936. The number of allylic oxidation sites excluding steroid dienone is 19. The van der Waals surface area contributed by atoms with Crippen LogP contribution in [0.15, 0.2) is 122 Å². The predicted octanol–water partition coefficient (Wildman–Crippen LogP) is 18.1. The van der Waals surface area contributed by atoms with Crippen molar-refractivity contribution in [2.24, 2.45) is 0 Å². The number of hydrogen-bond acceptors (Lipinski definition) is 3. The van der Waals surface area contributed by atoms with Crippen LogP contribution in [-0.4, -0.2) is 34.9 Å². The Labute approximate surface area is 403 Å². The Balaban J connectivity index is 3.68. The summed E-state index contributed by atoms with van der Waals surface area (Å²) in [6.07, 6.45) is 84.8. The van der Waals surface area contributed by atoms with Gasteiger partial charge < -0.3 is 15.5 Å². The van der Waals surface area contributed by atoms with Crippen LogP contribution in [0.1, 0.15) is 239 Å². The molecule has 0 aliphatic carbocycles. The zero-order valence-corrected chi connectivity index (χ0v) is 42.5. The van der Waals surface area contributed by atoms with Gasteiger partial charge in [0, 0.05) is 6.42 Å². The van der Waals surface area contributed by atoms with Crippen molar-refractivity contribution in [1.82, 2.24) is 5.32 Å². The number of carbonyl (C=O) groups is 1. The van der Waals surface area contributed by atoms with E-state index < -0.39 is 12.1 Å². The highest BCUT2D eigenvalue weighted by Gasteiger charge is 2.17. The maximum absolute atomic E-state index is 12.5. The Morgan fingerprint density at radius 1 is 0.385 bits per heavy atom. The summed E-state index contributed by atoms with van der Waals surface area (Å²) in [5, 5.41) is 23.1. The minimum Gasteiger partial charge on any atom is -0.394 e. The lowest BCUT2D eigenvalue weighted by Crippen LogP contribution is -2.45. The molecule has 0 saturated carbocycles. The predicted molar refractivity (Wildman–Crippen MR) is 289 cm³/mol. The van der Waals surface area contributed by atoms with Gasteiger partial charge in [-0.2, -0.15) is 0 Å². The van der Waals surface area contributed by atoms with E-state index in [9.17, 15) is 15.0 Å². The molecular formula is C61H103NO3. The Bertz CT molecular complexity index is 1290. The van der Waals surface area contributed by atoms with E-state index in [2.05, 4.69) is 129 Å². The molecule has 0 saturated heterocycles. The number of hydrogen-bond donors (Lipinski definition) is 3. The number of rotatable bonds is 48. The molecule has 65 heavy (non-hydrogen) atoms. The molecule has 0 aromatic carbocycles. The van der Waals surface area contributed by atoms with E-state index in [-0.39, 0.29) is 12.5 Å². The highest BCUT2D eigenvalue weighted by atomic mass is 16.3. The molecule has 2 atom stereocenters. The molecule has 1 amide bonds. The molecule has 0 radical (unpaired) electrons. The third-order valence-corrected chi connectivity index (χ3v) is 11.7. The average Bonchev–Trinajstić information content (AvgIpc) is 3.31. The summed E-state index contributed by atoms with van der Waals surface area (Å²) in [6, 6.07) is -0.662. The summed E-state index contributed by atoms with van der Waals surface area (Å²) < 4.78 is 0. The van der Waals surface area contributed by atoms with E-state index in [4.69, 9.17) is 0 Å². The summed E-state index contributed by atoms with van der Waals surface area (Å²) in [4.78, 5) is 12.5. The normalized spacial score (nSPS) is 13.8. The van der Waals surface area contributed by atoms with Crippen molar-refractivity contribution >= 4 is 5.91 Å². The quantitative estimate of drug-likeness (QED) is 0.0421. The SMILES string of the molecule is CC/C=C\C/C=C\C/C=C\C/C=C\C/C=C\C/C=C\C/C=C\CCCCCCCCCC(=O)NC(CO)C(O)/C=C/CC/C=C/CC/C=C/CCCCCCCCCCCCCCCC. The zero-order valence-electron chi connectivity index (χ0n) is 42.5. The van der Waals surface area contributed by atoms with Crippen LogP contribution in [0.5, 0.6) is 0 Å². The van der Waals surface area contributed by atoms with Gasteiger partial charge in [-0.05, 0) is 103 Å². The van der Waals surface area contributed by atoms with Crippen LogP contribution in [0.2, 0.25) is 0 Å². The molecule has 0 heterocycles.